The van der Waals surface area contributed by atoms with E-state index in [1.165, 1.54) is 18.2 Å². The topological polar surface area (TPSA) is 96.0 Å². The molecule has 0 fully saturated rings. The molecule has 0 heterocycles. The summed E-state index contributed by atoms with van der Waals surface area (Å²) in [5, 5.41) is 11.4. The van der Waals surface area contributed by atoms with Gasteiger partial charge in [-0.2, -0.15) is 5.26 Å². The molecule has 0 unspecified atom stereocenters. The zero-order chi connectivity index (χ0) is 16.8. The van der Waals surface area contributed by atoms with Gasteiger partial charge in [0.05, 0.1) is 11.6 Å². The minimum atomic E-state index is -0.959. The lowest BCUT2D eigenvalue weighted by Crippen LogP contribution is -2.45. The summed E-state index contributed by atoms with van der Waals surface area (Å²) in [6.07, 6.45) is 0.145. The smallest absolute Gasteiger partial charge is 0.252 e. The van der Waals surface area contributed by atoms with E-state index in [0.29, 0.717) is 11.1 Å². The van der Waals surface area contributed by atoms with Crippen molar-refractivity contribution >= 4 is 11.8 Å². The Kier molecular flexibility index (Phi) is 5.05. The predicted molar refractivity (Wildman–Crippen MR) is 81.7 cm³/mol. The molecule has 0 saturated heterocycles. The summed E-state index contributed by atoms with van der Waals surface area (Å²) in [5.74, 6) is -1.85. The number of carbonyl (C=O) groups is 2. The van der Waals surface area contributed by atoms with Gasteiger partial charge < -0.3 is 11.1 Å². The maximum atomic E-state index is 13.2. The predicted octanol–water partition coefficient (Wildman–Crippen LogP) is 1.52. The molecule has 0 bridgehead atoms. The monoisotopic (exact) mass is 311 g/mol. The molecule has 2 rings (SSSR count). The first kappa shape index (κ1) is 16.2. The van der Waals surface area contributed by atoms with Crippen LogP contribution in [0.5, 0.6) is 0 Å². The van der Waals surface area contributed by atoms with Crippen LogP contribution < -0.4 is 11.1 Å². The number of benzene rings is 2. The standard InChI is InChI=1S/C17H14FN3O2/c18-14-6-2-5-13(9-14)17(23)21-15(16(20)22)8-11-3-1-4-12(7-11)10-19/h1-7,9,15H,8H2,(H2,20,22)(H,21,23)/t15-/m0/s1. The van der Waals surface area contributed by atoms with Gasteiger partial charge in [0.2, 0.25) is 5.91 Å². The van der Waals surface area contributed by atoms with Gasteiger partial charge in [0.25, 0.3) is 5.91 Å². The number of hydrogen-bond acceptors (Lipinski definition) is 3. The van der Waals surface area contributed by atoms with Gasteiger partial charge in [-0.3, -0.25) is 9.59 Å². The van der Waals surface area contributed by atoms with Gasteiger partial charge >= 0.3 is 0 Å². The van der Waals surface area contributed by atoms with E-state index in [1.54, 1.807) is 24.3 Å². The fraction of sp³-hybridized carbons (Fsp3) is 0.118. The second-order valence-electron chi connectivity index (χ2n) is 4.96. The lowest BCUT2D eigenvalue weighted by atomic mass is 10.0. The molecular weight excluding hydrogens is 297 g/mol. The van der Waals surface area contributed by atoms with E-state index >= 15 is 0 Å². The van der Waals surface area contributed by atoms with E-state index in [0.717, 1.165) is 6.07 Å². The molecule has 3 N–H and O–H groups in total. The summed E-state index contributed by atoms with van der Waals surface area (Å²) in [4.78, 5) is 23.6. The lowest BCUT2D eigenvalue weighted by Gasteiger charge is -2.16. The second-order valence-corrected chi connectivity index (χ2v) is 4.96. The number of nitriles is 1. The van der Waals surface area contributed by atoms with Crippen LogP contribution in [0.25, 0.3) is 0 Å². The number of amides is 2. The van der Waals surface area contributed by atoms with Crippen LogP contribution in [0.3, 0.4) is 0 Å². The summed E-state index contributed by atoms with van der Waals surface area (Å²) >= 11 is 0. The fourth-order valence-electron chi connectivity index (χ4n) is 2.10. The third kappa shape index (κ3) is 4.38. The minimum absolute atomic E-state index is 0.0991. The van der Waals surface area contributed by atoms with Crippen molar-refractivity contribution in [1.29, 1.82) is 5.26 Å². The number of hydrogen-bond donors (Lipinski definition) is 2. The van der Waals surface area contributed by atoms with Crippen molar-refractivity contribution < 1.29 is 14.0 Å². The van der Waals surface area contributed by atoms with Crippen LogP contribution in [-0.2, 0) is 11.2 Å². The Balaban J connectivity index is 2.14. The van der Waals surface area contributed by atoms with Gasteiger partial charge in [-0.15, -0.1) is 0 Å². The number of rotatable bonds is 5. The average molecular weight is 311 g/mol. The van der Waals surface area contributed by atoms with Crippen LogP contribution in [0.4, 0.5) is 4.39 Å². The van der Waals surface area contributed by atoms with Crippen molar-refractivity contribution in [2.75, 3.05) is 0 Å². The van der Waals surface area contributed by atoms with Gasteiger partial charge in [-0.25, -0.2) is 4.39 Å². The van der Waals surface area contributed by atoms with Gasteiger partial charge in [-0.1, -0.05) is 18.2 Å². The van der Waals surface area contributed by atoms with Crippen molar-refractivity contribution in [2.45, 2.75) is 12.5 Å². The SMILES string of the molecule is N#Cc1cccc(C[C@H](NC(=O)c2cccc(F)c2)C(N)=O)c1. The number of primary amides is 1. The first-order chi connectivity index (χ1) is 11.0. The number of carbonyl (C=O) groups excluding carboxylic acids is 2. The van der Waals surface area contributed by atoms with E-state index in [9.17, 15) is 14.0 Å². The van der Waals surface area contributed by atoms with Crippen LogP contribution in [0.1, 0.15) is 21.5 Å². The molecule has 2 amide bonds. The van der Waals surface area contributed by atoms with E-state index in [-0.39, 0.29) is 12.0 Å². The summed E-state index contributed by atoms with van der Waals surface area (Å²) in [6.45, 7) is 0. The van der Waals surface area contributed by atoms with Crippen LogP contribution in [0.15, 0.2) is 48.5 Å². The lowest BCUT2D eigenvalue weighted by molar-refractivity contribution is -0.119. The van der Waals surface area contributed by atoms with Crippen molar-refractivity contribution in [2.24, 2.45) is 5.73 Å². The van der Waals surface area contributed by atoms with Gasteiger partial charge in [0.1, 0.15) is 11.9 Å². The minimum Gasteiger partial charge on any atom is -0.368 e. The zero-order valence-electron chi connectivity index (χ0n) is 12.1. The quantitative estimate of drug-likeness (QED) is 0.876. The molecule has 0 aromatic heterocycles. The molecule has 0 aliphatic carbocycles. The summed E-state index contributed by atoms with van der Waals surface area (Å²) < 4.78 is 13.2. The highest BCUT2D eigenvalue weighted by Crippen LogP contribution is 2.09. The Bertz CT molecular complexity index is 783. The normalized spacial score (nSPS) is 11.3. The molecule has 0 spiro atoms. The molecule has 0 radical (unpaired) electrons. The summed E-state index contributed by atoms with van der Waals surface area (Å²) in [7, 11) is 0. The Morgan fingerprint density at radius 3 is 2.61 bits per heavy atom. The Morgan fingerprint density at radius 2 is 1.96 bits per heavy atom. The fourth-order valence-corrected chi connectivity index (χ4v) is 2.10. The zero-order valence-corrected chi connectivity index (χ0v) is 12.1. The third-order valence-corrected chi connectivity index (χ3v) is 3.23. The highest BCUT2D eigenvalue weighted by molar-refractivity contribution is 5.97. The van der Waals surface area contributed by atoms with E-state index < -0.39 is 23.7 Å². The number of nitrogens with one attached hydrogen (secondary N) is 1. The van der Waals surface area contributed by atoms with Crippen molar-refractivity contribution in [3.8, 4) is 6.07 Å². The Labute approximate surface area is 132 Å². The Morgan fingerprint density at radius 1 is 1.22 bits per heavy atom. The molecule has 6 heteroatoms. The first-order valence-electron chi connectivity index (χ1n) is 6.84. The number of nitrogens with two attached hydrogens (primary N) is 1. The highest BCUT2D eigenvalue weighted by Gasteiger charge is 2.19. The van der Waals surface area contributed by atoms with Crippen LogP contribution >= 0.6 is 0 Å². The molecule has 0 saturated carbocycles. The van der Waals surface area contributed by atoms with E-state index in [4.69, 9.17) is 11.0 Å². The Hall–Kier alpha value is -3.20. The number of halogens is 1. The van der Waals surface area contributed by atoms with Crippen molar-refractivity contribution in [3.63, 3.8) is 0 Å². The van der Waals surface area contributed by atoms with Crippen LogP contribution in [0, 0.1) is 17.1 Å². The molecule has 0 aliphatic rings. The second kappa shape index (κ2) is 7.18. The van der Waals surface area contributed by atoms with Gasteiger partial charge in [-0.05, 0) is 35.9 Å². The van der Waals surface area contributed by atoms with E-state index in [2.05, 4.69) is 5.32 Å². The molecular formula is C17H14FN3O2. The molecule has 0 aliphatic heterocycles. The summed E-state index contributed by atoms with van der Waals surface area (Å²) in [6, 6.07) is 12.8. The largest absolute Gasteiger partial charge is 0.368 e. The van der Waals surface area contributed by atoms with Crippen molar-refractivity contribution in [3.05, 3.63) is 71.0 Å². The maximum absolute atomic E-state index is 13.2. The first-order valence-corrected chi connectivity index (χ1v) is 6.84. The van der Waals surface area contributed by atoms with E-state index in [1.807, 2.05) is 6.07 Å². The van der Waals surface area contributed by atoms with Crippen LogP contribution in [0.2, 0.25) is 0 Å². The maximum Gasteiger partial charge on any atom is 0.252 e. The van der Waals surface area contributed by atoms with Gasteiger partial charge in [0, 0.05) is 12.0 Å². The molecule has 5 nitrogen and oxygen atoms in total. The van der Waals surface area contributed by atoms with Crippen molar-refractivity contribution in [1.82, 2.24) is 5.32 Å². The molecule has 2 aromatic rings. The molecule has 1 atom stereocenters. The molecule has 2 aromatic carbocycles. The third-order valence-electron chi connectivity index (χ3n) is 3.23. The summed E-state index contributed by atoms with van der Waals surface area (Å²) in [5.41, 5.74) is 6.55. The highest BCUT2D eigenvalue weighted by atomic mass is 19.1. The average Bonchev–Trinajstić information content (AvgIpc) is 2.54. The molecule has 116 valence electrons. The van der Waals surface area contributed by atoms with Crippen LogP contribution in [-0.4, -0.2) is 17.9 Å². The van der Waals surface area contributed by atoms with Gasteiger partial charge in [0.15, 0.2) is 0 Å². The number of nitrogens with zero attached hydrogens (tertiary/aromatic N) is 1. The molecule has 23 heavy (non-hydrogen) atoms.